The molecule has 1 aromatic heterocycles. The van der Waals surface area contributed by atoms with Gasteiger partial charge < -0.3 is 19.5 Å². The number of carbonyl (C=O) groups is 2. The Morgan fingerprint density at radius 1 is 1.00 bits per heavy atom. The fraction of sp³-hybridized carbons (Fsp3) is 0.333. The second-order valence-electron chi connectivity index (χ2n) is 8.09. The van der Waals surface area contributed by atoms with Crippen molar-refractivity contribution < 1.29 is 23.8 Å². The first-order chi connectivity index (χ1) is 16.4. The molecule has 7 heteroatoms. The zero-order chi connectivity index (χ0) is 24.7. The van der Waals surface area contributed by atoms with E-state index in [2.05, 4.69) is 31.3 Å². The molecule has 34 heavy (non-hydrogen) atoms. The number of anilines is 1. The van der Waals surface area contributed by atoms with Crippen molar-refractivity contribution in [1.29, 1.82) is 0 Å². The molecule has 0 spiro atoms. The molecule has 180 valence electrons. The molecular formula is C27H31NO5S. The van der Waals surface area contributed by atoms with Crippen LogP contribution in [0.4, 0.5) is 5.00 Å². The summed E-state index contributed by atoms with van der Waals surface area (Å²) in [5, 5.41) is 5.30. The molecule has 6 nitrogen and oxygen atoms in total. The van der Waals surface area contributed by atoms with Crippen LogP contribution in [-0.4, -0.2) is 32.7 Å². The van der Waals surface area contributed by atoms with E-state index in [9.17, 15) is 9.59 Å². The van der Waals surface area contributed by atoms with Crippen molar-refractivity contribution in [2.75, 3.05) is 26.1 Å². The summed E-state index contributed by atoms with van der Waals surface area (Å²) in [6.07, 6.45) is 0.782. The SMILES string of the molecule is CCOC(=O)c1c(-c2ccc(C(C)C)cc2)csc1NC(=O)CCc1ccc(OC)c(OC)c1. The first kappa shape index (κ1) is 25.3. The highest BCUT2D eigenvalue weighted by Crippen LogP contribution is 2.37. The van der Waals surface area contributed by atoms with E-state index in [0.29, 0.717) is 34.4 Å². The average molecular weight is 482 g/mol. The number of nitrogens with one attached hydrogen (secondary N) is 1. The van der Waals surface area contributed by atoms with E-state index in [-0.39, 0.29) is 18.9 Å². The minimum atomic E-state index is -0.443. The summed E-state index contributed by atoms with van der Waals surface area (Å²) < 4.78 is 15.9. The summed E-state index contributed by atoms with van der Waals surface area (Å²) in [7, 11) is 3.16. The van der Waals surface area contributed by atoms with Gasteiger partial charge in [-0.25, -0.2) is 4.79 Å². The summed E-state index contributed by atoms with van der Waals surface area (Å²) in [5.41, 5.74) is 4.24. The van der Waals surface area contributed by atoms with Gasteiger partial charge in [0.2, 0.25) is 5.91 Å². The van der Waals surface area contributed by atoms with Crippen LogP contribution in [0.25, 0.3) is 11.1 Å². The van der Waals surface area contributed by atoms with Gasteiger partial charge in [0.05, 0.1) is 20.8 Å². The third kappa shape index (κ3) is 5.97. The monoisotopic (exact) mass is 481 g/mol. The number of ether oxygens (including phenoxy) is 3. The van der Waals surface area contributed by atoms with Gasteiger partial charge in [0.25, 0.3) is 0 Å². The second kappa shape index (κ2) is 11.7. The Kier molecular flexibility index (Phi) is 8.71. The van der Waals surface area contributed by atoms with E-state index in [1.807, 2.05) is 35.7 Å². The molecule has 0 aliphatic rings. The number of benzene rings is 2. The third-order valence-electron chi connectivity index (χ3n) is 5.50. The Morgan fingerprint density at radius 3 is 2.32 bits per heavy atom. The number of hydrogen-bond acceptors (Lipinski definition) is 6. The normalized spacial score (nSPS) is 10.8. The van der Waals surface area contributed by atoms with Gasteiger partial charge >= 0.3 is 5.97 Å². The predicted molar refractivity (Wildman–Crippen MR) is 136 cm³/mol. The quantitative estimate of drug-likeness (QED) is 0.344. The Hall–Kier alpha value is -3.32. The van der Waals surface area contributed by atoms with Crippen molar-refractivity contribution in [3.63, 3.8) is 0 Å². The van der Waals surface area contributed by atoms with Crippen LogP contribution in [-0.2, 0) is 16.0 Å². The van der Waals surface area contributed by atoms with Gasteiger partial charge in [-0.1, -0.05) is 44.2 Å². The first-order valence-electron chi connectivity index (χ1n) is 11.3. The summed E-state index contributed by atoms with van der Waals surface area (Å²) in [5.74, 6) is 1.06. The molecule has 3 aromatic rings. The highest BCUT2D eigenvalue weighted by Gasteiger charge is 2.23. The molecule has 0 saturated heterocycles. The Morgan fingerprint density at radius 2 is 1.71 bits per heavy atom. The maximum atomic E-state index is 12.8. The number of aryl methyl sites for hydroxylation is 1. The lowest BCUT2D eigenvalue weighted by atomic mass is 9.98. The van der Waals surface area contributed by atoms with Gasteiger partial charge in [0.15, 0.2) is 11.5 Å². The fourth-order valence-corrected chi connectivity index (χ4v) is 4.57. The highest BCUT2D eigenvalue weighted by molar-refractivity contribution is 7.15. The van der Waals surface area contributed by atoms with Crippen LogP contribution in [0.1, 0.15) is 54.6 Å². The highest BCUT2D eigenvalue weighted by atomic mass is 32.1. The van der Waals surface area contributed by atoms with E-state index >= 15 is 0 Å². The van der Waals surface area contributed by atoms with E-state index < -0.39 is 5.97 Å². The Balaban J connectivity index is 1.78. The number of rotatable bonds is 10. The van der Waals surface area contributed by atoms with Gasteiger partial charge in [-0.15, -0.1) is 11.3 Å². The molecule has 1 N–H and O–H groups in total. The van der Waals surface area contributed by atoms with Gasteiger partial charge in [-0.3, -0.25) is 4.79 Å². The van der Waals surface area contributed by atoms with Gasteiger partial charge in [-0.2, -0.15) is 0 Å². The van der Waals surface area contributed by atoms with Crippen LogP contribution < -0.4 is 14.8 Å². The van der Waals surface area contributed by atoms with Crippen LogP contribution in [0.3, 0.4) is 0 Å². The number of methoxy groups -OCH3 is 2. The van der Waals surface area contributed by atoms with Crippen LogP contribution in [0.2, 0.25) is 0 Å². The Labute approximate surface area is 204 Å². The molecule has 0 bridgehead atoms. The number of carbonyl (C=O) groups excluding carboxylic acids is 2. The maximum absolute atomic E-state index is 12.8. The third-order valence-corrected chi connectivity index (χ3v) is 6.40. The van der Waals surface area contributed by atoms with E-state index in [1.165, 1.54) is 16.9 Å². The van der Waals surface area contributed by atoms with E-state index in [1.54, 1.807) is 21.1 Å². The topological polar surface area (TPSA) is 73.9 Å². The number of amides is 1. The zero-order valence-electron chi connectivity index (χ0n) is 20.3. The summed E-state index contributed by atoms with van der Waals surface area (Å²) in [6.45, 7) is 6.30. The predicted octanol–water partition coefficient (Wildman–Crippen LogP) is 6.30. The second-order valence-corrected chi connectivity index (χ2v) is 8.97. The largest absolute Gasteiger partial charge is 0.493 e. The molecular weight excluding hydrogens is 450 g/mol. The van der Waals surface area contributed by atoms with Crippen LogP contribution in [0, 0.1) is 0 Å². The van der Waals surface area contributed by atoms with Crippen molar-refractivity contribution in [2.45, 2.75) is 39.5 Å². The molecule has 1 heterocycles. The zero-order valence-corrected chi connectivity index (χ0v) is 21.1. The van der Waals surface area contributed by atoms with Crippen molar-refractivity contribution in [2.24, 2.45) is 0 Å². The van der Waals surface area contributed by atoms with Crippen LogP contribution in [0.15, 0.2) is 47.8 Å². The lowest BCUT2D eigenvalue weighted by Crippen LogP contribution is -2.15. The summed E-state index contributed by atoms with van der Waals surface area (Å²) in [4.78, 5) is 25.5. The molecule has 3 rings (SSSR count). The lowest BCUT2D eigenvalue weighted by Gasteiger charge is -2.11. The van der Waals surface area contributed by atoms with Gasteiger partial charge in [-0.05, 0) is 48.1 Å². The number of hydrogen-bond donors (Lipinski definition) is 1. The van der Waals surface area contributed by atoms with Gasteiger partial charge in [0, 0.05) is 17.4 Å². The summed E-state index contributed by atoms with van der Waals surface area (Å²) in [6, 6.07) is 13.7. The smallest absolute Gasteiger partial charge is 0.341 e. The molecule has 2 aromatic carbocycles. The molecule has 0 aliphatic heterocycles. The summed E-state index contributed by atoms with van der Waals surface area (Å²) >= 11 is 1.33. The Bertz CT molecular complexity index is 1130. The molecule has 0 radical (unpaired) electrons. The minimum absolute atomic E-state index is 0.177. The molecule has 0 atom stereocenters. The first-order valence-corrected chi connectivity index (χ1v) is 12.2. The van der Waals surface area contributed by atoms with Gasteiger partial charge in [0.1, 0.15) is 10.6 Å². The minimum Gasteiger partial charge on any atom is -0.493 e. The lowest BCUT2D eigenvalue weighted by molar-refractivity contribution is -0.116. The maximum Gasteiger partial charge on any atom is 0.341 e. The van der Waals surface area contributed by atoms with Crippen LogP contribution >= 0.6 is 11.3 Å². The number of thiophene rings is 1. The van der Waals surface area contributed by atoms with Crippen LogP contribution in [0.5, 0.6) is 11.5 Å². The van der Waals surface area contributed by atoms with Crippen molar-refractivity contribution in [1.82, 2.24) is 0 Å². The van der Waals surface area contributed by atoms with Crippen molar-refractivity contribution in [3.8, 4) is 22.6 Å². The van der Waals surface area contributed by atoms with Crippen molar-refractivity contribution >= 4 is 28.2 Å². The van der Waals surface area contributed by atoms with E-state index in [0.717, 1.165) is 16.7 Å². The molecule has 1 amide bonds. The molecule has 0 unspecified atom stereocenters. The average Bonchev–Trinajstić information content (AvgIpc) is 3.26. The molecule has 0 saturated carbocycles. The molecule has 0 fully saturated rings. The fourth-order valence-electron chi connectivity index (χ4n) is 3.60. The number of esters is 1. The standard InChI is InChI=1S/C27H31NO5S/c1-6-33-27(30)25-21(20-11-9-19(10-12-20)17(2)3)16-34-26(25)28-24(29)14-8-18-7-13-22(31-4)23(15-18)32-5/h7,9-13,15-17H,6,8,14H2,1-5H3,(H,28,29). The van der Waals surface area contributed by atoms with E-state index in [4.69, 9.17) is 14.2 Å². The van der Waals surface area contributed by atoms with Crippen molar-refractivity contribution in [3.05, 3.63) is 64.5 Å². The molecule has 0 aliphatic carbocycles.